The molecule has 1 unspecified atom stereocenters. The number of carbonyl (C=O) groups is 1. The van der Waals surface area contributed by atoms with Gasteiger partial charge in [0.2, 0.25) is 11.2 Å². The van der Waals surface area contributed by atoms with E-state index in [-0.39, 0.29) is 34.7 Å². The largest absolute Gasteiger partial charge is 0.373 e. The molecule has 0 spiro atoms. The molecule has 0 aliphatic carbocycles. The molecule has 1 aromatic heterocycles. The molecular weight excluding hydrogens is 278 g/mol. The highest BCUT2D eigenvalue weighted by atomic mass is 35.5. The zero-order valence-electron chi connectivity index (χ0n) is 12.2. The van der Waals surface area contributed by atoms with E-state index in [1.807, 2.05) is 27.7 Å². The van der Waals surface area contributed by atoms with Crippen LogP contribution in [-0.4, -0.2) is 34.1 Å². The predicted octanol–water partition coefficient (Wildman–Crippen LogP) is 2.16. The molecule has 1 amide bonds. The smallest absolute Gasteiger partial charge is 0.229 e. The summed E-state index contributed by atoms with van der Waals surface area (Å²) in [5.74, 6) is -0.338. The number of amides is 1. The Kier molecular flexibility index (Phi) is 4.30. The van der Waals surface area contributed by atoms with Gasteiger partial charge in [-0.05, 0) is 45.4 Å². The number of hydrogen-bond donors (Lipinski definition) is 1. The van der Waals surface area contributed by atoms with Crippen molar-refractivity contribution >= 4 is 17.5 Å². The first kappa shape index (κ1) is 15.2. The predicted molar refractivity (Wildman–Crippen MR) is 76.6 cm³/mol. The van der Waals surface area contributed by atoms with E-state index in [1.54, 1.807) is 12.3 Å². The minimum absolute atomic E-state index is 0.0332. The van der Waals surface area contributed by atoms with Gasteiger partial charge >= 0.3 is 0 Å². The zero-order chi connectivity index (χ0) is 14.9. The summed E-state index contributed by atoms with van der Waals surface area (Å²) in [5, 5.41) is 3.04. The van der Waals surface area contributed by atoms with Gasteiger partial charge in [-0.1, -0.05) is 0 Å². The summed E-state index contributed by atoms with van der Waals surface area (Å²) in [4.78, 5) is 20.1. The Bertz CT molecular complexity index is 501. The second kappa shape index (κ2) is 5.66. The highest BCUT2D eigenvalue weighted by Crippen LogP contribution is 2.33. The van der Waals surface area contributed by atoms with Gasteiger partial charge in [0.25, 0.3) is 0 Å². The second-order valence-electron chi connectivity index (χ2n) is 6.07. The third-order valence-corrected chi connectivity index (χ3v) is 3.51. The standard InChI is InChI=1S/C14H20ClN3O2/c1-8(20-14(2,3)4)9-7-17-12(19)11(9)10-5-6-16-13(15)18-10/h5-6,8-9,11H,7H2,1-4H3,(H,17,19)/t8-,9?,11-/m1/s1. The van der Waals surface area contributed by atoms with Crippen molar-refractivity contribution in [2.75, 3.05) is 6.54 Å². The van der Waals surface area contributed by atoms with Crippen molar-refractivity contribution in [3.8, 4) is 0 Å². The summed E-state index contributed by atoms with van der Waals surface area (Å²) in [5.41, 5.74) is 0.396. The van der Waals surface area contributed by atoms with E-state index in [2.05, 4.69) is 15.3 Å². The molecule has 5 nitrogen and oxygen atoms in total. The van der Waals surface area contributed by atoms with Crippen LogP contribution in [0.3, 0.4) is 0 Å². The average molecular weight is 298 g/mol. The number of carbonyl (C=O) groups excluding carboxylic acids is 1. The van der Waals surface area contributed by atoms with Crippen molar-refractivity contribution in [3.05, 3.63) is 23.2 Å². The van der Waals surface area contributed by atoms with Crippen LogP contribution in [0.2, 0.25) is 5.28 Å². The van der Waals surface area contributed by atoms with E-state index in [1.165, 1.54) is 0 Å². The van der Waals surface area contributed by atoms with Gasteiger partial charge < -0.3 is 10.1 Å². The van der Waals surface area contributed by atoms with Gasteiger partial charge in [0, 0.05) is 18.7 Å². The van der Waals surface area contributed by atoms with Crippen LogP contribution in [0.15, 0.2) is 12.3 Å². The van der Waals surface area contributed by atoms with Crippen LogP contribution in [0, 0.1) is 5.92 Å². The van der Waals surface area contributed by atoms with Gasteiger partial charge in [0.1, 0.15) is 0 Å². The molecule has 1 aromatic rings. The summed E-state index contributed by atoms with van der Waals surface area (Å²) in [7, 11) is 0. The monoisotopic (exact) mass is 297 g/mol. The molecule has 2 heterocycles. The molecule has 0 radical (unpaired) electrons. The minimum Gasteiger partial charge on any atom is -0.373 e. The average Bonchev–Trinajstić information content (AvgIpc) is 2.69. The Hall–Kier alpha value is -1.20. The number of rotatable bonds is 3. The van der Waals surface area contributed by atoms with Gasteiger partial charge in [0.15, 0.2) is 0 Å². The SMILES string of the molecule is C[C@@H](OC(C)(C)C)C1CNC(=O)[C@H]1c1ccnc(Cl)n1. The molecule has 0 saturated carbocycles. The maximum atomic E-state index is 12.1. The first-order valence-electron chi connectivity index (χ1n) is 6.72. The fraction of sp³-hybridized carbons (Fsp3) is 0.643. The first-order valence-corrected chi connectivity index (χ1v) is 7.10. The second-order valence-corrected chi connectivity index (χ2v) is 6.41. The van der Waals surface area contributed by atoms with E-state index in [4.69, 9.17) is 16.3 Å². The molecule has 110 valence electrons. The summed E-state index contributed by atoms with van der Waals surface area (Å²) in [6, 6.07) is 1.73. The lowest BCUT2D eigenvalue weighted by atomic mass is 9.88. The molecule has 20 heavy (non-hydrogen) atoms. The lowest BCUT2D eigenvalue weighted by Gasteiger charge is -2.30. The van der Waals surface area contributed by atoms with Gasteiger partial charge in [-0.25, -0.2) is 9.97 Å². The molecule has 3 atom stereocenters. The van der Waals surface area contributed by atoms with E-state index < -0.39 is 0 Å². The molecule has 0 bridgehead atoms. The van der Waals surface area contributed by atoms with Crippen LogP contribution < -0.4 is 5.32 Å². The summed E-state index contributed by atoms with van der Waals surface area (Å²) >= 11 is 5.82. The Balaban J connectivity index is 2.23. The Morgan fingerprint density at radius 3 is 2.80 bits per heavy atom. The quantitative estimate of drug-likeness (QED) is 0.869. The number of aromatic nitrogens is 2. The van der Waals surface area contributed by atoms with Crippen molar-refractivity contribution in [1.82, 2.24) is 15.3 Å². The number of halogens is 1. The molecular formula is C14H20ClN3O2. The van der Waals surface area contributed by atoms with Gasteiger partial charge in [-0.15, -0.1) is 0 Å². The molecule has 2 rings (SSSR count). The van der Waals surface area contributed by atoms with E-state index in [0.717, 1.165) is 0 Å². The number of nitrogens with zero attached hydrogens (tertiary/aromatic N) is 2. The zero-order valence-corrected chi connectivity index (χ0v) is 12.9. The van der Waals surface area contributed by atoms with Crippen LogP contribution in [-0.2, 0) is 9.53 Å². The van der Waals surface area contributed by atoms with Crippen molar-refractivity contribution in [3.63, 3.8) is 0 Å². The van der Waals surface area contributed by atoms with E-state index >= 15 is 0 Å². The summed E-state index contributed by atoms with van der Waals surface area (Å²) in [6.45, 7) is 8.59. The molecule has 6 heteroatoms. The molecule has 1 aliphatic rings. The lowest BCUT2D eigenvalue weighted by Crippen LogP contribution is -2.34. The molecule has 1 saturated heterocycles. The molecule has 1 fully saturated rings. The number of ether oxygens (including phenoxy) is 1. The van der Waals surface area contributed by atoms with Crippen LogP contribution in [0.1, 0.15) is 39.3 Å². The molecule has 1 N–H and O–H groups in total. The Labute approximate surface area is 124 Å². The van der Waals surface area contributed by atoms with E-state index in [0.29, 0.717) is 12.2 Å². The topological polar surface area (TPSA) is 64.1 Å². The van der Waals surface area contributed by atoms with E-state index in [9.17, 15) is 4.79 Å². The van der Waals surface area contributed by atoms with Crippen molar-refractivity contribution < 1.29 is 9.53 Å². The van der Waals surface area contributed by atoms with Crippen molar-refractivity contribution in [2.24, 2.45) is 5.92 Å². The van der Waals surface area contributed by atoms with Crippen LogP contribution in [0.25, 0.3) is 0 Å². The maximum Gasteiger partial charge on any atom is 0.229 e. The highest BCUT2D eigenvalue weighted by molar-refractivity contribution is 6.28. The van der Waals surface area contributed by atoms with Crippen molar-refractivity contribution in [1.29, 1.82) is 0 Å². The third kappa shape index (κ3) is 3.46. The van der Waals surface area contributed by atoms with Gasteiger partial charge in [0.05, 0.1) is 23.3 Å². The molecule has 0 aromatic carbocycles. The maximum absolute atomic E-state index is 12.1. The Morgan fingerprint density at radius 2 is 2.20 bits per heavy atom. The Morgan fingerprint density at radius 1 is 1.50 bits per heavy atom. The fourth-order valence-electron chi connectivity index (χ4n) is 2.60. The molecule has 1 aliphatic heterocycles. The minimum atomic E-state index is -0.340. The van der Waals surface area contributed by atoms with Crippen molar-refractivity contribution in [2.45, 2.75) is 45.3 Å². The summed E-state index contributed by atoms with van der Waals surface area (Å²) < 4.78 is 5.98. The normalized spacial score (nSPS) is 24.6. The highest BCUT2D eigenvalue weighted by Gasteiger charge is 2.41. The van der Waals surface area contributed by atoms with Crippen LogP contribution in [0.5, 0.6) is 0 Å². The first-order chi connectivity index (χ1) is 9.28. The number of nitrogens with one attached hydrogen (secondary N) is 1. The third-order valence-electron chi connectivity index (χ3n) is 3.33. The van der Waals surface area contributed by atoms with Gasteiger partial charge in [-0.2, -0.15) is 0 Å². The summed E-state index contributed by atoms with van der Waals surface area (Å²) in [6.07, 6.45) is 1.51. The fourth-order valence-corrected chi connectivity index (χ4v) is 2.75. The van der Waals surface area contributed by atoms with Gasteiger partial charge in [-0.3, -0.25) is 4.79 Å². The van der Waals surface area contributed by atoms with Crippen LogP contribution in [0.4, 0.5) is 0 Å². The van der Waals surface area contributed by atoms with Crippen LogP contribution >= 0.6 is 11.6 Å². The number of hydrogen-bond acceptors (Lipinski definition) is 4. The lowest BCUT2D eigenvalue weighted by molar-refractivity contribution is -0.122.